The Bertz CT molecular complexity index is 696. The summed E-state index contributed by atoms with van der Waals surface area (Å²) < 4.78 is 31.7. The Balaban J connectivity index is 2.48. The van der Waals surface area contributed by atoms with Crippen LogP contribution in [0.25, 0.3) is 0 Å². The first-order chi connectivity index (χ1) is 12.0. The highest BCUT2D eigenvalue weighted by atomic mass is 19.1. The first-order valence-corrected chi connectivity index (χ1v) is 8.16. The van der Waals surface area contributed by atoms with Gasteiger partial charge in [-0.15, -0.1) is 0 Å². The van der Waals surface area contributed by atoms with Crippen LogP contribution in [0.1, 0.15) is 42.9 Å². The molecule has 0 aliphatic rings. The summed E-state index contributed by atoms with van der Waals surface area (Å²) in [5.74, 6) is -3.52. The van der Waals surface area contributed by atoms with Gasteiger partial charge >= 0.3 is 5.97 Å². The normalized spacial score (nSPS) is 13.0. The third-order valence-electron chi connectivity index (χ3n) is 3.83. The number of ether oxygens (including phenoxy) is 3. The molecule has 0 aliphatic heterocycles. The number of rotatable bonds is 9. The molecule has 1 aromatic carbocycles. The Morgan fingerprint density at radius 3 is 2.36 bits per heavy atom. The van der Waals surface area contributed by atoms with Crippen LogP contribution in [0.3, 0.4) is 0 Å². The zero-order chi connectivity index (χ0) is 18.4. The van der Waals surface area contributed by atoms with E-state index in [1.165, 1.54) is 11.8 Å². The van der Waals surface area contributed by atoms with Crippen molar-refractivity contribution >= 4 is 5.78 Å². The number of benzene rings is 1. The molecule has 0 bridgehead atoms. The van der Waals surface area contributed by atoms with E-state index in [4.69, 9.17) is 14.2 Å². The zero-order valence-corrected chi connectivity index (χ0v) is 14.9. The van der Waals surface area contributed by atoms with E-state index in [0.29, 0.717) is 0 Å². The zero-order valence-electron chi connectivity index (χ0n) is 14.9. The number of carbonyl (C=O) groups is 1. The fourth-order valence-electron chi connectivity index (χ4n) is 2.63. The van der Waals surface area contributed by atoms with Crippen LogP contribution in [0.15, 0.2) is 36.5 Å². The quantitative estimate of drug-likeness (QED) is 0.513. The predicted molar refractivity (Wildman–Crippen MR) is 89.8 cm³/mol. The molecule has 0 aliphatic carbocycles. The van der Waals surface area contributed by atoms with E-state index in [2.05, 4.69) is 5.10 Å². The summed E-state index contributed by atoms with van der Waals surface area (Å²) in [6.45, 7) is 5.53. The Kier molecular flexibility index (Phi) is 6.41. The third kappa shape index (κ3) is 3.78. The van der Waals surface area contributed by atoms with Crippen molar-refractivity contribution in [1.29, 1.82) is 0 Å². The summed E-state index contributed by atoms with van der Waals surface area (Å²) in [7, 11) is 1.28. The van der Waals surface area contributed by atoms with Gasteiger partial charge in [-0.25, -0.2) is 4.39 Å². The summed E-state index contributed by atoms with van der Waals surface area (Å²) in [4.78, 5) is 13.0. The van der Waals surface area contributed by atoms with E-state index in [1.54, 1.807) is 13.8 Å². The number of methoxy groups -OCH3 is 1. The van der Waals surface area contributed by atoms with Crippen molar-refractivity contribution in [2.45, 2.75) is 32.8 Å². The minimum atomic E-state index is -2.00. The number of nitrogens with zero attached hydrogens (tertiary/aromatic N) is 2. The maximum atomic E-state index is 14.4. The van der Waals surface area contributed by atoms with Crippen LogP contribution in [0.4, 0.5) is 4.39 Å². The van der Waals surface area contributed by atoms with Gasteiger partial charge < -0.3 is 14.2 Å². The smallest absolute Gasteiger partial charge is 0.324 e. The van der Waals surface area contributed by atoms with Crippen LogP contribution in [-0.4, -0.2) is 41.9 Å². The van der Waals surface area contributed by atoms with Crippen molar-refractivity contribution in [1.82, 2.24) is 9.78 Å². The highest BCUT2D eigenvalue weighted by molar-refractivity contribution is 5.99. The molecule has 0 spiro atoms. The summed E-state index contributed by atoms with van der Waals surface area (Å²) in [6, 6.07) is 9.02. The number of aromatic nitrogens is 2. The van der Waals surface area contributed by atoms with E-state index < -0.39 is 17.6 Å². The Morgan fingerprint density at radius 2 is 1.84 bits per heavy atom. The summed E-state index contributed by atoms with van der Waals surface area (Å²) in [6.07, 6.45) is 1.00. The second-order valence-corrected chi connectivity index (χ2v) is 5.33. The maximum absolute atomic E-state index is 14.4. The topological polar surface area (TPSA) is 62.6 Å². The molecule has 1 atom stereocenters. The molecule has 0 fully saturated rings. The second kappa shape index (κ2) is 8.33. The lowest BCUT2D eigenvalue weighted by molar-refractivity contribution is -0.330. The molecular weight excluding hydrogens is 327 g/mol. The van der Waals surface area contributed by atoms with Crippen LogP contribution in [0, 0.1) is 5.82 Å². The molecule has 7 heteroatoms. The number of ketones is 1. The highest BCUT2D eigenvalue weighted by Gasteiger charge is 2.45. The van der Waals surface area contributed by atoms with Gasteiger partial charge in [0.2, 0.25) is 0 Å². The number of halogens is 1. The van der Waals surface area contributed by atoms with Gasteiger partial charge in [0.15, 0.2) is 5.82 Å². The fourth-order valence-corrected chi connectivity index (χ4v) is 2.63. The van der Waals surface area contributed by atoms with Crippen LogP contribution in [0.2, 0.25) is 0 Å². The molecule has 0 radical (unpaired) electrons. The van der Waals surface area contributed by atoms with Crippen LogP contribution >= 0.6 is 0 Å². The molecule has 0 N–H and O–H groups in total. The van der Waals surface area contributed by atoms with E-state index in [1.807, 2.05) is 37.3 Å². The van der Waals surface area contributed by atoms with E-state index in [9.17, 15) is 9.18 Å². The van der Waals surface area contributed by atoms with Gasteiger partial charge in [0.25, 0.3) is 5.78 Å². The van der Waals surface area contributed by atoms with Gasteiger partial charge in [-0.3, -0.25) is 9.48 Å². The van der Waals surface area contributed by atoms with Crippen molar-refractivity contribution in [2.75, 3.05) is 20.3 Å². The molecule has 2 rings (SSSR count). The van der Waals surface area contributed by atoms with Crippen LogP contribution in [0.5, 0.6) is 0 Å². The highest BCUT2D eigenvalue weighted by Crippen LogP contribution is 2.26. The second-order valence-electron chi connectivity index (χ2n) is 5.33. The molecule has 1 heterocycles. The Labute approximate surface area is 146 Å². The fraction of sp³-hybridized carbons (Fsp3) is 0.444. The van der Waals surface area contributed by atoms with Gasteiger partial charge in [-0.1, -0.05) is 30.3 Å². The predicted octanol–water partition coefficient (Wildman–Crippen LogP) is 3.19. The lowest BCUT2D eigenvalue weighted by Crippen LogP contribution is -2.47. The number of Topliss-reactive ketones (excluding diaryl/α,β-unsaturated/α-hetero) is 1. The molecule has 25 heavy (non-hydrogen) atoms. The largest absolute Gasteiger partial charge is 0.353 e. The van der Waals surface area contributed by atoms with Crippen LogP contribution in [-0.2, 0) is 14.2 Å². The lowest BCUT2D eigenvalue weighted by Gasteiger charge is -2.29. The summed E-state index contributed by atoms with van der Waals surface area (Å²) in [5, 5.41) is 4.04. The van der Waals surface area contributed by atoms with Crippen molar-refractivity contribution < 1.29 is 23.4 Å². The maximum Gasteiger partial charge on any atom is 0.353 e. The SMILES string of the molecule is CCOC(OC)(OCC)C(=O)c1c(F)cnn1[C@H](C)c1ccccc1. The van der Waals surface area contributed by atoms with Gasteiger partial charge in [0.1, 0.15) is 5.69 Å². The van der Waals surface area contributed by atoms with Crippen molar-refractivity contribution in [3.8, 4) is 0 Å². The Hall–Kier alpha value is -2.09. The first kappa shape index (κ1) is 19.2. The van der Waals surface area contributed by atoms with Crippen molar-refractivity contribution in [2.24, 2.45) is 0 Å². The van der Waals surface area contributed by atoms with Gasteiger partial charge in [-0.2, -0.15) is 5.10 Å². The number of hydrogen-bond donors (Lipinski definition) is 0. The molecule has 2 aromatic rings. The minimum absolute atomic E-state index is 0.156. The van der Waals surface area contributed by atoms with Crippen molar-refractivity contribution in [3.05, 3.63) is 53.6 Å². The standard InChI is InChI=1S/C18H23FN2O4/c1-5-24-18(23-4,25-6-2)17(22)16-15(19)12-20-21(16)13(3)14-10-8-7-9-11-14/h7-13H,5-6H2,1-4H3/t13-/m1/s1. The molecule has 0 saturated carbocycles. The van der Waals surface area contributed by atoms with Gasteiger partial charge in [0, 0.05) is 7.11 Å². The van der Waals surface area contributed by atoms with Crippen molar-refractivity contribution in [3.63, 3.8) is 0 Å². The summed E-state index contributed by atoms with van der Waals surface area (Å²) in [5.41, 5.74) is 0.635. The van der Waals surface area contributed by atoms with Gasteiger partial charge in [-0.05, 0) is 26.3 Å². The summed E-state index contributed by atoms with van der Waals surface area (Å²) >= 11 is 0. The molecule has 0 amide bonds. The first-order valence-electron chi connectivity index (χ1n) is 8.16. The average Bonchev–Trinajstić information content (AvgIpc) is 3.02. The molecule has 0 unspecified atom stereocenters. The van der Waals surface area contributed by atoms with Gasteiger partial charge in [0.05, 0.1) is 25.5 Å². The molecule has 0 saturated heterocycles. The third-order valence-corrected chi connectivity index (χ3v) is 3.83. The van der Waals surface area contributed by atoms with E-state index in [0.717, 1.165) is 11.8 Å². The minimum Gasteiger partial charge on any atom is -0.324 e. The molecular formula is C18H23FN2O4. The monoisotopic (exact) mass is 350 g/mol. The number of hydrogen-bond acceptors (Lipinski definition) is 5. The molecule has 136 valence electrons. The number of carbonyl (C=O) groups excluding carboxylic acids is 1. The van der Waals surface area contributed by atoms with Crippen LogP contribution < -0.4 is 0 Å². The van der Waals surface area contributed by atoms with E-state index >= 15 is 0 Å². The Morgan fingerprint density at radius 1 is 1.24 bits per heavy atom. The molecule has 6 nitrogen and oxygen atoms in total. The van der Waals surface area contributed by atoms with E-state index in [-0.39, 0.29) is 24.9 Å². The lowest BCUT2D eigenvalue weighted by atomic mass is 10.1. The average molecular weight is 350 g/mol. The molecule has 1 aromatic heterocycles.